The average molecular weight is 382 g/mol. The number of anilines is 1. The molecule has 2 amide bonds. The van der Waals surface area contributed by atoms with E-state index in [0.717, 1.165) is 7.05 Å². The van der Waals surface area contributed by atoms with E-state index < -0.39 is 37.3 Å². The fourth-order valence-electron chi connectivity index (χ4n) is 2.12. The van der Waals surface area contributed by atoms with Crippen LogP contribution in [0.4, 0.5) is 10.6 Å². The molecule has 1 aromatic heterocycles. The summed E-state index contributed by atoms with van der Waals surface area (Å²) < 4.78 is 62.8. The van der Waals surface area contributed by atoms with Gasteiger partial charge in [-0.25, -0.2) is 14.8 Å². The highest BCUT2D eigenvalue weighted by Gasteiger charge is 2.37. The first-order valence-corrected chi connectivity index (χ1v) is 7.84. The molecule has 2 aromatic rings. The van der Waals surface area contributed by atoms with Gasteiger partial charge in [0, 0.05) is 34.2 Å². The third-order valence-corrected chi connectivity index (χ3v) is 3.69. The number of aromatic nitrogens is 2. The maximum absolute atomic E-state index is 13.4. The van der Waals surface area contributed by atoms with Crippen LogP contribution in [0.25, 0.3) is 0 Å². The predicted molar refractivity (Wildman–Crippen MR) is 96.8 cm³/mol. The van der Waals surface area contributed by atoms with Gasteiger partial charge in [0.05, 0.1) is 1.37 Å². The van der Waals surface area contributed by atoms with Crippen LogP contribution in [0.3, 0.4) is 0 Å². The number of halogens is 1. The van der Waals surface area contributed by atoms with Crippen LogP contribution >= 0.6 is 11.6 Å². The summed E-state index contributed by atoms with van der Waals surface area (Å²) in [4.78, 5) is 34.4. The van der Waals surface area contributed by atoms with Crippen LogP contribution in [-0.4, -0.2) is 46.4 Å². The highest BCUT2D eigenvalue weighted by atomic mass is 35.5. The third kappa shape index (κ3) is 3.94. The van der Waals surface area contributed by atoms with Gasteiger partial charge in [0.25, 0.3) is 5.91 Å². The number of likely N-dealkylation sites (N-methyl/N-ethyl adjacent to an activating group) is 1. The smallest absolute Gasteiger partial charge is 0.410 e. The first-order valence-electron chi connectivity index (χ1n) is 11.0. The normalized spacial score (nSPS) is 29.0. The van der Waals surface area contributed by atoms with Crippen molar-refractivity contribution in [1.82, 2.24) is 14.9 Å². The van der Waals surface area contributed by atoms with E-state index in [-0.39, 0.29) is 22.5 Å². The second-order valence-electron chi connectivity index (χ2n) is 5.12. The van der Waals surface area contributed by atoms with Crippen LogP contribution in [0, 0.1) is 0 Å². The second-order valence-corrected chi connectivity index (χ2v) is 5.48. The van der Waals surface area contributed by atoms with Crippen LogP contribution in [-0.2, 0) is 16.1 Å². The van der Waals surface area contributed by atoms with Gasteiger partial charge in [0.2, 0.25) is 0 Å². The van der Waals surface area contributed by atoms with Gasteiger partial charge >= 0.3 is 6.09 Å². The van der Waals surface area contributed by atoms with Gasteiger partial charge in [-0.15, -0.1) is 0 Å². The minimum Gasteiger partial charge on any atom is -0.445 e. The summed E-state index contributed by atoms with van der Waals surface area (Å²) in [6.07, 6.45) is -6.18. The van der Waals surface area contributed by atoms with Gasteiger partial charge in [0.15, 0.2) is 11.0 Å². The van der Waals surface area contributed by atoms with Crippen LogP contribution in [0.1, 0.15) is 27.9 Å². The van der Waals surface area contributed by atoms with E-state index in [0.29, 0.717) is 10.5 Å². The van der Waals surface area contributed by atoms with E-state index >= 15 is 0 Å². The Balaban J connectivity index is 2.07. The van der Waals surface area contributed by atoms with Gasteiger partial charge in [-0.1, -0.05) is 41.9 Å². The van der Waals surface area contributed by atoms with E-state index in [1.54, 1.807) is 30.3 Å². The van der Waals surface area contributed by atoms with Crippen molar-refractivity contribution in [2.45, 2.75) is 25.4 Å². The summed E-state index contributed by atoms with van der Waals surface area (Å²) in [5.41, 5.74) is 0.502. The number of rotatable bonds is 4. The third-order valence-electron chi connectivity index (χ3n) is 3.42. The van der Waals surface area contributed by atoms with Gasteiger partial charge in [-0.2, -0.15) is 0 Å². The summed E-state index contributed by atoms with van der Waals surface area (Å²) in [5, 5.41) is -0.278. The van der Waals surface area contributed by atoms with Gasteiger partial charge in [-0.3, -0.25) is 14.6 Å². The number of ether oxygens (including phenoxy) is 1. The van der Waals surface area contributed by atoms with Crippen LogP contribution in [0.2, 0.25) is 5.15 Å². The summed E-state index contributed by atoms with van der Waals surface area (Å²) in [7, 11) is 1.07. The lowest BCUT2D eigenvalue weighted by Crippen LogP contribution is -2.47. The molecule has 0 radical (unpaired) electrons. The second kappa shape index (κ2) is 8.14. The molecule has 0 bridgehead atoms. The molecule has 0 saturated carbocycles. The summed E-state index contributed by atoms with van der Waals surface area (Å²) in [5.74, 6) is -1.80. The van der Waals surface area contributed by atoms with E-state index in [1.807, 2.05) is 0 Å². The fourth-order valence-corrected chi connectivity index (χ4v) is 2.35. The van der Waals surface area contributed by atoms with E-state index in [2.05, 4.69) is 9.97 Å². The molecule has 0 N–H and O–H groups in total. The number of hydrogen-bond donors (Lipinski definition) is 0. The highest BCUT2D eigenvalue weighted by molar-refractivity contribution is 6.32. The summed E-state index contributed by atoms with van der Waals surface area (Å²) >= 11 is 5.94. The molecule has 1 atom stereocenters. The highest BCUT2D eigenvalue weighted by Crippen LogP contribution is 2.25. The largest absolute Gasteiger partial charge is 0.445 e. The zero-order valence-electron chi connectivity index (χ0n) is 20.6. The zero-order chi connectivity index (χ0) is 24.8. The maximum atomic E-state index is 13.4. The molecule has 1 fully saturated rings. The number of likely N-dealkylation sites (tertiary alicyclic amines) is 1. The van der Waals surface area contributed by atoms with Gasteiger partial charge in [-0.05, 0) is 18.3 Å². The van der Waals surface area contributed by atoms with E-state index in [9.17, 15) is 9.59 Å². The Bertz CT molecular complexity index is 1080. The molecule has 1 aliphatic heterocycles. The number of carbonyl (C=O) groups is 2. The van der Waals surface area contributed by atoms with Crippen molar-refractivity contribution in [2.75, 3.05) is 18.4 Å². The molecular formula is C18H19ClN4O3. The molecule has 26 heavy (non-hydrogen) atoms. The van der Waals surface area contributed by atoms with Crippen molar-refractivity contribution in [1.29, 1.82) is 0 Å². The molecule has 7 nitrogen and oxygen atoms in total. The molecule has 2 heterocycles. The Labute approximate surface area is 166 Å². The van der Waals surface area contributed by atoms with Crippen LogP contribution in [0.15, 0.2) is 42.7 Å². The number of amides is 2. The number of hydrogen-bond acceptors (Lipinski definition) is 5. The molecule has 3 rings (SSSR count). The summed E-state index contributed by atoms with van der Waals surface area (Å²) in [6.45, 7) is -3.82. The van der Waals surface area contributed by atoms with E-state index in [4.69, 9.17) is 25.9 Å². The lowest BCUT2D eigenvalue weighted by atomic mass is 10.2. The number of benzene rings is 1. The fraction of sp³-hybridized carbons (Fsp3) is 0.333. The lowest BCUT2D eigenvalue weighted by molar-refractivity contribution is -0.122. The number of carbonyl (C=O) groups excluding carboxylic acids is 2. The van der Waals surface area contributed by atoms with Crippen molar-refractivity contribution in [3.05, 3.63) is 53.4 Å². The van der Waals surface area contributed by atoms with Crippen molar-refractivity contribution < 1.29 is 23.9 Å². The zero-order valence-corrected chi connectivity index (χ0v) is 14.4. The monoisotopic (exact) mass is 381 g/mol. The molecule has 8 heteroatoms. The number of nitrogens with zero attached hydrogens (tertiary/aromatic N) is 4. The average Bonchev–Trinajstić information content (AvgIpc) is 2.85. The summed E-state index contributed by atoms with van der Waals surface area (Å²) in [6, 6.07) is 4.82. The van der Waals surface area contributed by atoms with Crippen LogP contribution < -0.4 is 4.90 Å². The maximum Gasteiger partial charge on any atom is 0.410 e. The van der Waals surface area contributed by atoms with Crippen molar-refractivity contribution in [3.8, 4) is 0 Å². The molecule has 0 aliphatic carbocycles. The predicted octanol–water partition coefficient (Wildman–Crippen LogP) is 2.89. The first kappa shape index (κ1) is 11.1. The standard InChI is InChI=1S/C18H19ClN4O3/c1-22(16-15(19)20-9-10-21-16)17(24)14-8-5-11-23(14)18(25)26-12-13-6-3-2-4-7-13/h2-4,6-7,9-10,14H,5,8,11-12H2,1H3/t14-/m0/s1/i5D2,8D2,11D2,14D. The van der Waals surface area contributed by atoms with Crippen LogP contribution in [0.5, 0.6) is 0 Å². The quantitative estimate of drug-likeness (QED) is 0.813. The SMILES string of the molecule is [2H]C1([2H])N(C(=O)OCc2ccccc2)[C@]([2H])(C(=O)N(C)c2nccnc2Cl)C([2H])([2H])C1([2H])[2H]. The van der Waals surface area contributed by atoms with Gasteiger partial charge in [0.1, 0.15) is 12.6 Å². The molecule has 136 valence electrons. The molecule has 1 aromatic carbocycles. The molecule has 0 unspecified atom stereocenters. The van der Waals surface area contributed by atoms with E-state index in [1.165, 1.54) is 12.4 Å². The first-order chi connectivity index (χ1) is 15.2. The molecule has 0 spiro atoms. The molecule has 1 saturated heterocycles. The Morgan fingerprint density at radius 1 is 1.38 bits per heavy atom. The molecule has 1 aliphatic rings. The van der Waals surface area contributed by atoms with Crippen molar-refractivity contribution in [3.63, 3.8) is 0 Å². The minimum atomic E-state index is -3.52. The minimum absolute atomic E-state index is 0.147. The Hall–Kier alpha value is -2.67. The molecular weight excluding hydrogens is 356 g/mol. The van der Waals surface area contributed by atoms with Crippen molar-refractivity contribution >= 4 is 29.4 Å². The van der Waals surface area contributed by atoms with Crippen molar-refractivity contribution in [2.24, 2.45) is 0 Å². The Morgan fingerprint density at radius 2 is 2.12 bits per heavy atom. The Morgan fingerprint density at radius 3 is 2.85 bits per heavy atom. The topological polar surface area (TPSA) is 75.6 Å². The lowest BCUT2D eigenvalue weighted by Gasteiger charge is -2.27. The Kier molecular flexibility index (Phi) is 3.48. The van der Waals surface area contributed by atoms with Gasteiger partial charge < -0.3 is 4.74 Å².